The van der Waals surface area contributed by atoms with Gasteiger partial charge in [0, 0.05) is 18.8 Å². The van der Waals surface area contributed by atoms with Crippen LogP contribution in [-0.2, 0) is 14.6 Å². The molecule has 5 rings (SSSR count). The number of aromatic nitrogens is 1. The lowest BCUT2D eigenvalue weighted by molar-refractivity contribution is -0.119. The summed E-state index contributed by atoms with van der Waals surface area (Å²) in [6, 6.07) is 10.9. The van der Waals surface area contributed by atoms with E-state index in [1.807, 2.05) is 45.3 Å². The summed E-state index contributed by atoms with van der Waals surface area (Å²) in [6.45, 7) is 3.60. The number of carbonyl (C=O) groups excluding carboxylic acids is 1. The fourth-order valence-electron chi connectivity index (χ4n) is 6.05. The number of pyridine rings is 1. The van der Waals surface area contributed by atoms with Crippen molar-refractivity contribution in [1.82, 2.24) is 9.88 Å². The quantitative estimate of drug-likeness (QED) is 0.572. The molecule has 0 radical (unpaired) electrons. The maximum atomic E-state index is 13.1. The number of nitrogens with one attached hydrogen (secondary N) is 1. The molecule has 1 aromatic carbocycles. The van der Waals surface area contributed by atoms with E-state index in [1.54, 1.807) is 17.0 Å². The third-order valence-electron chi connectivity index (χ3n) is 8.34. The number of fused-ring (bicyclic) bond motifs is 1. The van der Waals surface area contributed by atoms with Crippen LogP contribution in [0.1, 0.15) is 58.3 Å². The second-order valence-corrected chi connectivity index (χ2v) is 13.1. The third-order valence-corrected chi connectivity index (χ3v) is 10.6. The van der Waals surface area contributed by atoms with Crippen LogP contribution in [0.15, 0.2) is 41.3 Å². The molecule has 1 saturated heterocycles. The first-order valence-corrected chi connectivity index (χ1v) is 15.2. The van der Waals surface area contributed by atoms with Gasteiger partial charge in [-0.15, -0.1) is 0 Å². The molecule has 0 unspecified atom stereocenters. The Bertz CT molecular complexity index is 1220. The van der Waals surface area contributed by atoms with Crippen LogP contribution in [0.3, 0.4) is 0 Å². The fourth-order valence-corrected chi connectivity index (χ4v) is 7.78. The Balaban J connectivity index is 1.37. The van der Waals surface area contributed by atoms with Crippen LogP contribution in [0.2, 0.25) is 0 Å². The summed E-state index contributed by atoms with van der Waals surface area (Å²) in [6.07, 6.45) is 8.35. The number of likely N-dealkylation sites (N-methyl/N-ethyl adjacent to an activating group) is 1. The van der Waals surface area contributed by atoms with Crippen molar-refractivity contribution in [1.29, 1.82) is 0 Å². The van der Waals surface area contributed by atoms with Crippen molar-refractivity contribution in [3.63, 3.8) is 0 Å². The highest BCUT2D eigenvalue weighted by molar-refractivity contribution is 7.92. The van der Waals surface area contributed by atoms with Crippen LogP contribution in [0.25, 0.3) is 0 Å². The van der Waals surface area contributed by atoms with Crippen molar-refractivity contribution in [3.05, 3.63) is 36.4 Å². The molecule has 1 aromatic heterocycles. The molecule has 200 valence electrons. The lowest BCUT2D eigenvalue weighted by Crippen LogP contribution is -2.55. The number of hydrogen-bond acceptors (Lipinski definition) is 7. The van der Waals surface area contributed by atoms with E-state index in [-0.39, 0.29) is 17.2 Å². The molecule has 1 aliphatic carbocycles. The van der Waals surface area contributed by atoms with E-state index in [2.05, 4.69) is 15.1 Å². The maximum absolute atomic E-state index is 13.1. The van der Waals surface area contributed by atoms with Gasteiger partial charge in [0.2, 0.25) is 5.91 Å². The Morgan fingerprint density at radius 3 is 2.19 bits per heavy atom. The van der Waals surface area contributed by atoms with Gasteiger partial charge in [0.05, 0.1) is 15.8 Å². The Hall–Kier alpha value is -2.65. The molecule has 0 spiro atoms. The van der Waals surface area contributed by atoms with Crippen LogP contribution in [0.5, 0.6) is 0 Å². The molecule has 1 atom stereocenters. The number of amides is 1. The zero-order valence-electron chi connectivity index (χ0n) is 22.2. The predicted octanol–water partition coefficient (Wildman–Crippen LogP) is 4.59. The Labute approximate surface area is 221 Å². The summed E-state index contributed by atoms with van der Waals surface area (Å²) in [5.74, 6) is 1.62. The number of anilines is 4. The normalized spacial score (nSPS) is 22.6. The van der Waals surface area contributed by atoms with E-state index >= 15 is 0 Å². The minimum Gasteiger partial charge on any atom is -0.340 e. The summed E-state index contributed by atoms with van der Waals surface area (Å²) in [5, 5.41) is 3.03. The van der Waals surface area contributed by atoms with Crippen molar-refractivity contribution in [2.45, 2.75) is 80.5 Å². The first kappa shape index (κ1) is 26.0. The molecule has 0 bridgehead atoms. The van der Waals surface area contributed by atoms with Crippen molar-refractivity contribution in [3.8, 4) is 0 Å². The minimum atomic E-state index is -3.34. The number of sulfone groups is 1. The van der Waals surface area contributed by atoms with Gasteiger partial charge in [0.25, 0.3) is 0 Å². The average Bonchev–Trinajstić information content (AvgIpc) is 3.18. The summed E-state index contributed by atoms with van der Waals surface area (Å²) >= 11 is 0. The summed E-state index contributed by atoms with van der Waals surface area (Å²) in [5.41, 5.74) is 1.61. The molecule has 9 heteroatoms. The standard InChI is InChI=1S/C28H39N5O3S/c1-20-28(34)32(3)25-14-15-26(30-27(25)33(20)22-8-6-4-5-7-9-22)29-21-10-12-23(13-11-21)37(35,36)24-16-18-31(2)19-17-24/h10-15,20,22,24H,4-9,16-19H2,1-3H3,(H,29,30)/t20-/m1/s1. The molecule has 2 aliphatic heterocycles. The lowest BCUT2D eigenvalue weighted by atomic mass is 10.0. The molecule has 1 amide bonds. The Morgan fingerprint density at radius 1 is 0.892 bits per heavy atom. The fraction of sp³-hybridized carbons (Fsp3) is 0.571. The van der Waals surface area contributed by atoms with Crippen LogP contribution >= 0.6 is 0 Å². The van der Waals surface area contributed by atoms with E-state index in [4.69, 9.17) is 4.98 Å². The van der Waals surface area contributed by atoms with E-state index in [0.29, 0.717) is 29.6 Å². The number of likely N-dealkylation sites (tertiary alicyclic amines) is 1. The van der Waals surface area contributed by atoms with E-state index < -0.39 is 9.84 Å². The molecule has 2 fully saturated rings. The van der Waals surface area contributed by atoms with Gasteiger partial charge in [-0.05, 0) is 89.1 Å². The molecule has 1 saturated carbocycles. The van der Waals surface area contributed by atoms with Gasteiger partial charge in [0.1, 0.15) is 11.9 Å². The van der Waals surface area contributed by atoms with Gasteiger partial charge in [-0.3, -0.25) is 4.79 Å². The zero-order chi connectivity index (χ0) is 26.2. The number of benzene rings is 1. The van der Waals surface area contributed by atoms with Crippen LogP contribution in [0, 0.1) is 0 Å². The minimum absolute atomic E-state index is 0.0978. The molecule has 37 heavy (non-hydrogen) atoms. The van der Waals surface area contributed by atoms with Crippen LogP contribution < -0.4 is 15.1 Å². The van der Waals surface area contributed by atoms with E-state index in [9.17, 15) is 13.2 Å². The van der Waals surface area contributed by atoms with Gasteiger partial charge >= 0.3 is 0 Å². The monoisotopic (exact) mass is 525 g/mol. The molecular weight excluding hydrogens is 486 g/mol. The van der Waals surface area contributed by atoms with Crippen molar-refractivity contribution >= 4 is 38.8 Å². The lowest BCUT2D eigenvalue weighted by Gasteiger charge is -2.43. The van der Waals surface area contributed by atoms with Gasteiger partial charge in [-0.25, -0.2) is 13.4 Å². The number of hydrogen-bond donors (Lipinski definition) is 1. The molecule has 8 nitrogen and oxygen atoms in total. The van der Waals surface area contributed by atoms with Gasteiger partial charge < -0.3 is 20.0 Å². The molecular formula is C28H39N5O3S. The van der Waals surface area contributed by atoms with Crippen LogP contribution in [-0.4, -0.2) is 68.7 Å². The molecule has 2 aromatic rings. The topological polar surface area (TPSA) is 85.8 Å². The number of nitrogens with zero attached hydrogens (tertiary/aromatic N) is 4. The summed E-state index contributed by atoms with van der Waals surface area (Å²) in [7, 11) is 0.510. The highest BCUT2D eigenvalue weighted by Crippen LogP contribution is 2.39. The van der Waals surface area contributed by atoms with Gasteiger partial charge in [-0.1, -0.05) is 25.7 Å². The van der Waals surface area contributed by atoms with Crippen molar-refractivity contribution < 1.29 is 13.2 Å². The summed E-state index contributed by atoms with van der Waals surface area (Å²) < 4.78 is 26.3. The number of piperidine rings is 1. The van der Waals surface area contributed by atoms with Crippen LogP contribution in [0.4, 0.5) is 23.0 Å². The average molecular weight is 526 g/mol. The SMILES string of the molecule is C[C@@H]1C(=O)N(C)c2ccc(Nc3ccc(S(=O)(=O)C4CCN(C)CC4)cc3)nc2N1C1CCCCCC1. The van der Waals surface area contributed by atoms with E-state index in [0.717, 1.165) is 43.1 Å². The highest BCUT2D eigenvalue weighted by Gasteiger charge is 2.38. The first-order chi connectivity index (χ1) is 17.8. The number of carbonyl (C=O) groups is 1. The Morgan fingerprint density at radius 2 is 1.54 bits per heavy atom. The van der Waals surface area contributed by atoms with E-state index in [1.165, 1.54) is 25.7 Å². The van der Waals surface area contributed by atoms with Gasteiger partial charge in [0.15, 0.2) is 15.7 Å². The van der Waals surface area contributed by atoms with Gasteiger partial charge in [-0.2, -0.15) is 0 Å². The second-order valence-electron chi connectivity index (χ2n) is 10.9. The second kappa shape index (κ2) is 10.6. The highest BCUT2D eigenvalue weighted by atomic mass is 32.2. The van der Waals surface area contributed by atoms with Crippen molar-refractivity contribution in [2.75, 3.05) is 42.3 Å². The molecule has 3 heterocycles. The third kappa shape index (κ3) is 5.21. The Kier molecular flexibility index (Phi) is 7.45. The zero-order valence-corrected chi connectivity index (χ0v) is 23.0. The summed E-state index contributed by atoms with van der Waals surface area (Å²) in [4.78, 5) is 24.5. The molecule has 1 N–H and O–H groups in total. The number of rotatable bonds is 5. The molecule has 3 aliphatic rings. The largest absolute Gasteiger partial charge is 0.340 e. The maximum Gasteiger partial charge on any atom is 0.249 e. The van der Waals surface area contributed by atoms with Crippen molar-refractivity contribution in [2.24, 2.45) is 0 Å². The predicted molar refractivity (Wildman–Crippen MR) is 149 cm³/mol. The first-order valence-electron chi connectivity index (χ1n) is 13.6. The smallest absolute Gasteiger partial charge is 0.249 e.